The molecule has 1 spiro atoms. The summed E-state index contributed by atoms with van der Waals surface area (Å²) in [6.07, 6.45) is 15.0. The van der Waals surface area contributed by atoms with Gasteiger partial charge in [-0.05, 0) is 66.9 Å². The maximum absolute atomic E-state index is 6.13. The minimum Gasteiger partial charge on any atom is -0.493 e. The summed E-state index contributed by atoms with van der Waals surface area (Å²) in [4.78, 5) is 0. The smallest absolute Gasteiger partial charge is 0.188 e. The van der Waals surface area contributed by atoms with E-state index in [1.807, 2.05) is 0 Å². The fraction of sp³-hybridized carbons (Fsp3) is 0.680. The Morgan fingerprint density at radius 2 is 1.71 bits per heavy atom. The van der Waals surface area contributed by atoms with E-state index < -0.39 is 5.79 Å². The molecule has 0 unspecified atom stereocenters. The molecule has 0 N–H and O–H groups in total. The molecule has 2 fully saturated rings. The molecule has 0 radical (unpaired) electrons. The summed E-state index contributed by atoms with van der Waals surface area (Å²) in [6.45, 7) is 4.57. The normalized spacial score (nSPS) is 27.0. The molecule has 3 nitrogen and oxygen atoms in total. The second-order valence-corrected chi connectivity index (χ2v) is 8.90. The summed E-state index contributed by atoms with van der Waals surface area (Å²) in [7, 11) is 0. The maximum Gasteiger partial charge on any atom is 0.188 e. The molecule has 0 amide bonds. The Morgan fingerprint density at radius 3 is 2.43 bits per heavy atom. The Bertz CT molecular complexity index is 634. The molecule has 1 aromatic carbocycles. The van der Waals surface area contributed by atoms with Crippen molar-refractivity contribution in [2.24, 2.45) is 11.8 Å². The van der Waals surface area contributed by atoms with Crippen molar-refractivity contribution in [1.82, 2.24) is 0 Å². The molecule has 3 heteroatoms. The molecule has 1 heterocycles. The number of hydrogen-bond donors (Lipinski definition) is 0. The molecule has 4 rings (SSSR count). The summed E-state index contributed by atoms with van der Waals surface area (Å²) in [5, 5.41) is 0. The zero-order valence-electron chi connectivity index (χ0n) is 17.5. The highest BCUT2D eigenvalue weighted by Gasteiger charge is 2.36. The first-order valence-electron chi connectivity index (χ1n) is 11.5. The Balaban J connectivity index is 1.27. The van der Waals surface area contributed by atoms with Crippen molar-refractivity contribution in [1.29, 1.82) is 0 Å². The second-order valence-electron chi connectivity index (χ2n) is 8.90. The van der Waals surface area contributed by atoms with Gasteiger partial charge in [0.2, 0.25) is 0 Å². The van der Waals surface area contributed by atoms with E-state index in [2.05, 4.69) is 37.3 Å². The summed E-state index contributed by atoms with van der Waals surface area (Å²) < 4.78 is 17.9. The van der Waals surface area contributed by atoms with E-state index in [1.54, 1.807) is 0 Å². The van der Waals surface area contributed by atoms with Crippen LogP contribution in [0, 0.1) is 11.8 Å². The summed E-state index contributed by atoms with van der Waals surface area (Å²) in [5.41, 5.74) is 2.60. The number of allylic oxidation sites excluding steroid dienone is 1. The Hall–Kier alpha value is -1.32. The largest absolute Gasteiger partial charge is 0.493 e. The third kappa shape index (κ3) is 4.99. The van der Waals surface area contributed by atoms with Crippen LogP contribution < -0.4 is 4.74 Å². The van der Waals surface area contributed by atoms with Gasteiger partial charge in [-0.15, -0.1) is 0 Å². The Labute approximate surface area is 170 Å². The van der Waals surface area contributed by atoms with E-state index in [-0.39, 0.29) is 0 Å². The van der Waals surface area contributed by atoms with Gasteiger partial charge in [0.15, 0.2) is 5.79 Å². The minimum absolute atomic E-state index is 0.460. The van der Waals surface area contributed by atoms with Crippen molar-refractivity contribution >= 4 is 5.57 Å². The van der Waals surface area contributed by atoms with Crippen molar-refractivity contribution < 1.29 is 14.2 Å². The fourth-order valence-electron chi connectivity index (χ4n) is 5.02. The van der Waals surface area contributed by atoms with E-state index in [0.717, 1.165) is 43.5 Å². The molecule has 1 saturated carbocycles. The number of benzene rings is 1. The zero-order chi connectivity index (χ0) is 19.2. The van der Waals surface area contributed by atoms with Crippen LogP contribution in [0.1, 0.15) is 76.7 Å². The molecule has 1 aliphatic heterocycles. The molecular weight excluding hydrogens is 348 g/mol. The number of hydrogen-bond acceptors (Lipinski definition) is 3. The predicted octanol–water partition coefficient (Wildman–Crippen LogP) is 6.37. The summed E-state index contributed by atoms with van der Waals surface area (Å²) in [5.74, 6) is 2.24. The van der Waals surface area contributed by atoms with Crippen molar-refractivity contribution in [3.05, 3.63) is 35.9 Å². The van der Waals surface area contributed by atoms with Gasteiger partial charge in [-0.25, -0.2) is 0 Å². The lowest BCUT2D eigenvalue weighted by atomic mass is 9.80. The zero-order valence-corrected chi connectivity index (χ0v) is 17.5. The first kappa shape index (κ1) is 20.0. The van der Waals surface area contributed by atoms with Crippen LogP contribution >= 0.6 is 0 Å². The molecule has 1 saturated heterocycles. The molecule has 0 atom stereocenters. The SMILES string of the molecule is CCCCC1CCC(COc2ccc(C3=CC4(CCC3)OCCO4)cc2)CC1. The van der Waals surface area contributed by atoms with E-state index in [4.69, 9.17) is 14.2 Å². The molecule has 2 aliphatic carbocycles. The van der Waals surface area contributed by atoms with E-state index in [0.29, 0.717) is 13.2 Å². The Morgan fingerprint density at radius 1 is 1.00 bits per heavy atom. The monoisotopic (exact) mass is 384 g/mol. The van der Waals surface area contributed by atoms with Crippen LogP contribution in [0.15, 0.2) is 30.3 Å². The number of rotatable bonds is 7. The highest BCUT2D eigenvalue weighted by Crippen LogP contribution is 2.38. The van der Waals surface area contributed by atoms with Gasteiger partial charge < -0.3 is 14.2 Å². The molecular formula is C25H36O3. The van der Waals surface area contributed by atoms with E-state index in [9.17, 15) is 0 Å². The van der Waals surface area contributed by atoms with Gasteiger partial charge >= 0.3 is 0 Å². The standard InChI is InChI=1S/C25H36O3/c1-2-3-5-20-7-9-21(10-8-20)19-26-24-13-11-22(12-14-24)23-6-4-15-25(18-23)27-16-17-28-25/h11-14,18,20-21H,2-10,15-17,19H2,1H3. The highest BCUT2D eigenvalue weighted by molar-refractivity contribution is 5.67. The lowest BCUT2D eigenvalue weighted by Crippen LogP contribution is -2.29. The van der Waals surface area contributed by atoms with Crippen molar-refractivity contribution in [2.75, 3.05) is 19.8 Å². The van der Waals surface area contributed by atoms with Gasteiger partial charge in [-0.3, -0.25) is 0 Å². The first-order valence-corrected chi connectivity index (χ1v) is 11.5. The van der Waals surface area contributed by atoms with Gasteiger partial charge in [0, 0.05) is 6.42 Å². The summed E-state index contributed by atoms with van der Waals surface area (Å²) in [6, 6.07) is 8.63. The maximum atomic E-state index is 6.13. The molecule has 3 aliphatic rings. The first-order chi connectivity index (χ1) is 13.8. The van der Waals surface area contributed by atoms with Crippen LogP contribution in [0.25, 0.3) is 5.57 Å². The second kappa shape index (κ2) is 9.45. The van der Waals surface area contributed by atoms with Crippen LogP contribution in [-0.4, -0.2) is 25.6 Å². The van der Waals surface area contributed by atoms with E-state index >= 15 is 0 Å². The van der Waals surface area contributed by atoms with Crippen LogP contribution in [0.3, 0.4) is 0 Å². The third-order valence-electron chi connectivity index (χ3n) is 6.78. The molecule has 0 bridgehead atoms. The van der Waals surface area contributed by atoms with Crippen molar-refractivity contribution in [3.63, 3.8) is 0 Å². The van der Waals surface area contributed by atoms with Crippen LogP contribution in [0.5, 0.6) is 5.75 Å². The van der Waals surface area contributed by atoms with E-state index in [1.165, 1.54) is 56.1 Å². The number of unbranched alkanes of at least 4 members (excludes halogenated alkanes) is 1. The van der Waals surface area contributed by atoms with Gasteiger partial charge in [-0.1, -0.05) is 51.2 Å². The van der Waals surface area contributed by atoms with Gasteiger partial charge in [-0.2, -0.15) is 0 Å². The van der Waals surface area contributed by atoms with Crippen molar-refractivity contribution in [3.8, 4) is 5.75 Å². The molecule has 1 aromatic rings. The van der Waals surface area contributed by atoms with Gasteiger partial charge in [0.1, 0.15) is 5.75 Å². The van der Waals surface area contributed by atoms with Crippen LogP contribution in [0.4, 0.5) is 0 Å². The fourth-order valence-corrected chi connectivity index (χ4v) is 5.02. The van der Waals surface area contributed by atoms with Crippen molar-refractivity contribution in [2.45, 2.75) is 76.9 Å². The lowest BCUT2D eigenvalue weighted by Gasteiger charge is -2.29. The predicted molar refractivity (Wildman–Crippen MR) is 113 cm³/mol. The third-order valence-corrected chi connectivity index (χ3v) is 6.78. The van der Waals surface area contributed by atoms with Crippen LogP contribution in [-0.2, 0) is 9.47 Å². The lowest BCUT2D eigenvalue weighted by molar-refractivity contribution is -0.123. The average molecular weight is 385 g/mol. The quantitative estimate of drug-likeness (QED) is 0.546. The highest BCUT2D eigenvalue weighted by atomic mass is 16.7. The average Bonchev–Trinajstić information content (AvgIpc) is 3.19. The van der Waals surface area contributed by atoms with Gasteiger partial charge in [0.05, 0.1) is 19.8 Å². The molecule has 0 aromatic heterocycles. The molecule has 28 heavy (non-hydrogen) atoms. The van der Waals surface area contributed by atoms with Crippen LogP contribution in [0.2, 0.25) is 0 Å². The Kier molecular flexibility index (Phi) is 6.74. The van der Waals surface area contributed by atoms with Gasteiger partial charge in [0.25, 0.3) is 0 Å². The number of ether oxygens (including phenoxy) is 3. The molecule has 154 valence electrons. The topological polar surface area (TPSA) is 27.7 Å². The minimum atomic E-state index is -0.460. The summed E-state index contributed by atoms with van der Waals surface area (Å²) >= 11 is 0.